The lowest BCUT2D eigenvalue weighted by Gasteiger charge is -2.32. The van der Waals surface area contributed by atoms with Crippen molar-refractivity contribution in [3.63, 3.8) is 0 Å². The number of nitrogen functional groups attached to an aromatic ring is 1. The topological polar surface area (TPSA) is 161 Å². The van der Waals surface area contributed by atoms with Crippen LogP contribution in [-0.4, -0.2) is 58.4 Å². The summed E-state index contributed by atoms with van der Waals surface area (Å²) < 4.78 is 9.07. The summed E-state index contributed by atoms with van der Waals surface area (Å²) in [6.45, 7) is 0.251. The second kappa shape index (κ2) is 10.4. The van der Waals surface area contributed by atoms with Crippen molar-refractivity contribution in [1.29, 1.82) is 0 Å². The van der Waals surface area contributed by atoms with Gasteiger partial charge in [0.1, 0.15) is 16.7 Å². The first-order chi connectivity index (χ1) is 15.3. The molecule has 11 heteroatoms. The van der Waals surface area contributed by atoms with Crippen LogP contribution in [0.3, 0.4) is 0 Å². The minimum absolute atomic E-state index is 0.0207. The molecule has 1 aliphatic carbocycles. The number of nitrogens with two attached hydrogens (primary N) is 2. The molecule has 3 rings (SSSR count). The number of hydrogen-bond acceptors (Lipinski definition) is 8. The Labute approximate surface area is 189 Å². The number of phenols is 1. The zero-order valence-corrected chi connectivity index (χ0v) is 18.6. The molecule has 1 aliphatic rings. The summed E-state index contributed by atoms with van der Waals surface area (Å²) in [5.41, 5.74) is 11.5. The van der Waals surface area contributed by atoms with Crippen LogP contribution in [0.25, 0.3) is 0 Å². The van der Waals surface area contributed by atoms with Crippen molar-refractivity contribution in [3.8, 4) is 5.75 Å². The summed E-state index contributed by atoms with van der Waals surface area (Å²) in [6.07, 6.45) is 3.83. The fourth-order valence-corrected chi connectivity index (χ4v) is 4.54. The van der Waals surface area contributed by atoms with Gasteiger partial charge in [0.2, 0.25) is 5.91 Å². The van der Waals surface area contributed by atoms with Gasteiger partial charge in [-0.25, -0.2) is 0 Å². The first-order valence-electron chi connectivity index (χ1n) is 10.3. The second-order valence-electron chi connectivity index (χ2n) is 7.61. The zero-order valence-electron chi connectivity index (χ0n) is 17.7. The molecule has 10 nitrogen and oxygen atoms in total. The SMILES string of the molecule is COCCN(C(=O)c1snc(C(N)=O)c1N)[C@@H](C(=O)NC1CCCC1)c1ccc(O)cc1. The highest BCUT2D eigenvalue weighted by Crippen LogP contribution is 2.30. The number of ether oxygens (including phenoxy) is 1. The fraction of sp³-hybridized carbons (Fsp3) is 0.429. The Bertz CT molecular complexity index is 971. The van der Waals surface area contributed by atoms with Gasteiger partial charge < -0.3 is 31.5 Å². The maximum absolute atomic E-state index is 13.5. The number of aromatic nitrogens is 1. The molecule has 0 radical (unpaired) electrons. The Morgan fingerprint density at radius 2 is 1.94 bits per heavy atom. The molecule has 6 N–H and O–H groups in total. The van der Waals surface area contributed by atoms with Crippen molar-refractivity contribution in [2.75, 3.05) is 26.0 Å². The Balaban J connectivity index is 2.00. The van der Waals surface area contributed by atoms with Crippen molar-refractivity contribution in [2.24, 2.45) is 5.73 Å². The summed E-state index contributed by atoms with van der Waals surface area (Å²) in [7, 11) is 1.49. The van der Waals surface area contributed by atoms with Crippen LogP contribution in [0.5, 0.6) is 5.75 Å². The number of nitrogens with one attached hydrogen (secondary N) is 1. The van der Waals surface area contributed by atoms with E-state index >= 15 is 0 Å². The van der Waals surface area contributed by atoms with E-state index in [2.05, 4.69) is 9.69 Å². The number of nitrogens with zero attached hydrogens (tertiary/aromatic N) is 2. The number of aromatic hydroxyl groups is 1. The summed E-state index contributed by atoms with van der Waals surface area (Å²) in [5, 5.41) is 12.7. The number of methoxy groups -OCH3 is 1. The molecule has 0 unspecified atom stereocenters. The molecule has 172 valence electrons. The fourth-order valence-electron chi connectivity index (χ4n) is 3.78. The number of amides is 3. The average molecular weight is 462 g/mol. The van der Waals surface area contributed by atoms with E-state index in [4.69, 9.17) is 16.2 Å². The Hall–Kier alpha value is -3.18. The molecule has 1 aromatic carbocycles. The monoisotopic (exact) mass is 461 g/mol. The molecule has 1 heterocycles. The first kappa shape index (κ1) is 23.5. The Morgan fingerprint density at radius 3 is 2.50 bits per heavy atom. The van der Waals surface area contributed by atoms with Crippen LogP contribution in [-0.2, 0) is 9.53 Å². The second-order valence-corrected chi connectivity index (χ2v) is 8.39. The van der Waals surface area contributed by atoms with Crippen LogP contribution in [0.4, 0.5) is 5.69 Å². The number of primary amides is 1. The number of hydrogen-bond donors (Lipinski definition) is 4. The number of rotatable bonds is 9. The van der Waals surface area contributed by atoms with Crippen LogP contribution in [0.2, 0.25) is 0 Å². The first-order valence-corrected chi connectivity index (χ1v) is 11.0. The van der Waals surface area contributed by atoms with E-state index in [1.54, 1.807) is 12.1 Å². The van der Waals surface area contributed by atoms with Crippen LogP contribution in [0, 0.1) is 0 Å². The molecule has 32 heavy (non-hydrogen) atoms. The van der Waals surface area contributed by atoms with Gasteiger partial charge in [-0.1, -0.05) is 25.0 Å². The van der Waals surface area contributed by atoms with Gasteiger partial charge in [-0.05, 0) is 42.1 Å². The molecule has 3 amide bonds. The summed E-state index contributed by atoms with van der Waals surface area (Å²) >= 11 is 0.754. The average Bonchev–Trinajstić information content (AvgIpc) is 3.41. The Morgan fingerprint density at radius 1 is 1.28 bits per heavy atom. The van der Waals surface area contributed by atoms with Crippen molar-refractivity contribution in [1.82, 2.24) is 14.6 Å². The van der Waals surface area contributed by atoms with Crippen LogP contribution in [0.1, 0.15) is 57.4 Å². The van der Waals surface area contributed by atoms with Crippen LogP contribution >= 0.6 is 11.5 Å². The third kappa shape index (κ3) is 5.17. The largest absolute Gasteiger partial charge is 0.508 e. The predicted octanol–water partition coefficient (Wildman–Crippen LogP) is 1.42. The smallest absolute Gasteiger partial charge is 0.270 e. The van der Waals surface area contributed by atoms with Gasteiger partial charge in [0, 0.05) is 19.7 Å². The third-order valence-corrected chi connectivity index (χ3v) is 6.27. The van der Waals surface area contributed by atoms with E-state index in [0.717, 1.165) is 37.2 Å². The van der Waals surface area contributed by atoms with E-state index in [9.17, 15) is 19.5 Å². The van der Waals surface area contributed by atoms with Gasteiger partial charge >= 0.3 is 0 Å². The standard InChI is InChI=1S/C21H27N5O5S/c1-31-11-10-26(21(30)18-15(22)16(19(23)28)25-32-18)17(12-6-8-14(27)9-7-12)20(29)24-13-4-2-3-5-13/h6-9,13,17,27H,2-5,10-11,22H2,1H3,(H2,23,28)(H,24,29)/t17-/m1/s1. The van der Waals surface area contributed by atoms with Gasteiger partial charge in [-0.2, -0.15) is 4.37 Å². The van der Waals surface area contributed by atoms with E-state index in [1.807, 2.05) is 0 Å². The van der Waals surface area contributed by atoms with Gasteiger partial charge in [0.05, 0.1) is 12.3 Å². The molecule has 0 bridgehead atoms. The van der Waals surface area contributed by atoms with Gasteiger partial charge in [-0.3, -0.25) is 14.4 Å². The van der Waals surface area contributed by atoms with Crippen LogP contribution in [0.15, 0.2) is 24.3 Å². The Kier molecular flexibility index (Phi) is 7.65. The number of carbonyl (C=O) groups excluding carboxylic acids is 3. The minimum Gasteiger partial charge on any atom is -0.508 e. The maximum Gasteiger partial charge on any atom is 0.270 e. The highest BCUT2D eigenvalue weighted by atomic mass is 32.1. The van der Waals surface area contributed by atoms with E-state index in [1.165, 1.54) is 24.1 Å². The summed E-state index contributed by atoms with van der Waals surface area (Å²) in [5.74, 6) is -1.71. The van der Waals surface area contributed by atoms with E-state index in [0.29, 0.717) is 5.56 Å². The van der Waals surface area contributed by atoms with Gasteiger partial charge in [0.25, 0.3) is 11.8 Å². The molecule has 1 atom stereocenters. The molecule has 1 saturated carbocycles. The molecule has 0 saturated heterocycles. The molecular formula is C21H27N5O5S. The zero-order chi connectivity index (χ0) is 23.3. The van der Waals surface area contributed by atoms with Crippen molar-refractivity contribution >= 4 is 34.9 Å². The van der Waals surface area contributed by atoms with Crippen molar-refractivity contribution in [3.05, 3.63) is 40.4 Å². The van der Waals surface area contributed by atoms with Crippen LogP contribution < -0.4 is 16.8 Å². The highest BCUT2D eigenvalue weighted by molar-refractivity contribution is 7.09. The predicted molar refractivity (Wildman–Crippen MR) is 119 cm³/mol. The molecule has 0 spiro atoms. The van der Waals surface area contributed by atoms with Crippen molar-refractivity contribution < 1.29 is 24.2 Å². The number of anilines is 1. The van der Waals surface area contributed by atoms with Gasteiger partial charge in [0.15, 0.2) is 5.69 Å². The highest BCUT2D eigenvalue weighted by Gasteiger charge is 2.35. The molecule has 1 fully saturated rings. The summed E-state index contributed by atoms with van der Waals surface area (Å²) in [4.78, 5) is 39.8. The molecule has 2 aromatic rings. The lowest BCUT2D eigenvalue weighted by Crippen LogP contribution is -2.47. The molecule has 0 aliphatic heterocycles. The number of benzene rings is 1. The lowest BCUT2D eigenvalue weighted by atomic mass is 10.0. The lowest BCUT2D eigenvalue weighted by molar-refractivity contribution is -0.126. The quantitative estimate of drug-likeness (QED) is 0.439. The van der Waals surface area contributed by atoms with E-state index < -0.39 is 17.9 Å². The third-order valence-electron chi connectivity index (χ3n) is 5.42. The van der Waals surface area contributed by atoms with Crippen molar-refractivity contribution in [2.45, 2.75) is 37.8 Å². The normalized spacial score (nSPS) is 14.8. The molecular weight excluding hydrogens is 434 g/mol. The van der Waals surface area contributed by atoms with E-state index in [-0.39, 0.29) is 47.1 Å². The maximum atomic E-state index is 13.5. The minimum atomic E-state index is -1.00. The van der Waals surface area contributed by atoms with Gasteiger partial charge in [-0.15, -0.1) is 0 Å². The number of carbonyl (C=O) groups is 3. The molecule has 1 aromatic heterocycles. The number of phenolic OH excluding ortho intramolecular Hbond substituents is 1. The summed E-state index contributed by atoms with van der Waals surface area (Å²) in [6, 6.07) is 5.12.